The topological polar surface area (TPSA) is 49.4 Å². The van der Waals surface area contributed by atoms with E-state index < -0.39 is 29.6 Å². The van der Waals surface area contributed by atoms with E-state index in [1.54, 1.807) is 12.1 Å². The first-order valence-corrected chi connectivity index (χ1v) is 8.11. The molecular weight excluding hydrogens is 369 g/mol. The van der Waals surface area contributed by atoms with Crippen LogP contribution in [0, 0.1) is 6.92 Å². The molecule has 0 bridgehead atoms. The van der Waals surface area contributed by atoms with Gasteiger partial charge in [-0.2, -0.15) is 13.2 Å². The van der Waals surface area contributed by atoms with Crippen LogP contribution in [0.4, 0.5) is 24.5 Å². The Kier molecular flexibility index (Phi) is 4.66. The van der Waals surface area contributed by atoms with E-state index in [2.05, 4.69) is 5.32 Å². The minimum atomic E-state index is -4.61. The molecule has 1 aliphatic heterocycles. The van der Waals surface area contributed by atoms with Crippen LogP contribution in [0.5, 0.6) is 0 Å². The molecule has 3 rings (SSSR count). The number of alkyl halides is 3. The molecule has 2 amide bonds. The summed E-state index contributed by atoms with van der Waals surface area (Å²) in [5, 5.41) is 2.83. The summed E-state index contributed by atoms with van der Waals surface area (Å²) >= 11 is 5.95. The maximum atomic E-state index is 12.9. The summed E-state index contributed by atoms with van der Waals surface area (Å²) < 4.78 is 38.8. The number of amides is 2. The fourth-order valence-electron chi connectivity index (χ4n) is 2.71. The molecule has 1 aliphatic rings. The summed E-state index contributed by atoms with van der Waals surface area (Å²) in [6.07, 6.45) is -4.77. The minimum Gasteiger partial charge on any atom is -0.373 e. The van der Waals surface area contributed by atoms with Gasteiger partial charge in [-0.15, -0.1) is 0 Å². The lowest BCUT2D eigenvalue weighted by Gasteiger charge is -2.19. The second-order valence-electron chi connectivity index (χ2n) is 6.00. The molecular formula is C18H14ClF3N2O2. The smallest absolute Gasteiger partial charge is 0.373 e. The Morgan fingerprint density at radius 2 is 1.77 bits per heavy atom. The average molecular weight is 383 g/mol. The maximum absolute atomic E-state index is 12.9. The minimum absolute atomic E-state index is 0.101. The fraction of sp³-hybridized carbons (Fsp3) is 0.222. The Labute approximate surface area is 152 Å². The van der Waals surface area contributed by atoms with Gasteiger partial charge in [-0.25, -0.2) is 4.90 Å². The molecule has 4 nitrogen and oxygen atoms in total. The van der Waals surface area contributed by atoms with Crippen molar-refractivity contribution >= 4 is 34.8 Å². The Morgan fingerprint density at radius 1 is 1.12 bits per heavy atom. The van der Waals surface area contributed by atoms with Crippen LogP contribution in [0.15, 0.2) is 42.5 Å². The largest absolute Gasteiger partial charge is 0.416 e. The van der Waals surface area contributed by atoms with E-state index in [1.807, 2.05) is 19.1 Å². The van der Waals surface area contributed by atoms with Crippen molar-refractivity contribution in [2.75, 3.05) is 10.2 Å². The highest BCUT2D eigenvalue weighted by Crippen LogP contribution is 2.37. The number of nitrogens with one attached hydrogen (secondary N) is 1. The number of carbonyl (C=O) groups excluding carboxylic acids is 2. The van der Waals surface area contributed by atoms with Crippen molar-refractivity contribution in [3.05, 3.63) is 58.6 Å². The monoisotopic (exact) mass is 382 g/mol. The molecule has 0 spiro atoms. The summed E-state index contributed by atoms with van der Waals surface area (Å²) in [6.45, 7) is 1.91. The molecule has 0 saturated carbocycles. The predicted octanol–water partition coefficient (Wildman–Crippen LogP) is 4.41. The van der Waals surface area contributed by atoms with Gasteiger partial charge in [-0.3, -0.25) is 9.59 Å². The molecule has 1 fully saturated rings. The zero-order valence-electron chi connectivity index (χ0n) is 13.6. The van der Waals surface area contributed by atoms with Crippen molar-refractivity contribution in [1.82, 2.24) is 0 Å². The van der Waals surface area contributed by atoms with E-state index in [4.69, 9.17) is 11.6 Å². The number of benzene rings is 2. The zero-order valence-corrected chi connectivity index (χ0v) is 14.4. The lowest BCUT2D eigenvalue weighted by molar-refractivity contribution is -0.137. The van der Waals surface area contributed by atoms with E-state index in [0.29, 0.717) is 16.7 Å². The van der Waals surface area contributed by atoms with Crippen molar-refractivity contribution in [3.8, 4) is 0 Å². The second-order valence-corrected chi connectivity index (χ2v) is 6.41. The first-order chi connectivity index (χ1) is 12.2. The summed E-state index contributed by atoms with van der Waals surface area (Å²) in [4.78, 5) is 25.6. The van der Waals surface area contributed by atoms with Gasteiger partial charge < -0.3 is 5.32 Å². The number of anilines is 2. The highest BCUT2D eigenvalue weighted by Gasteiger charge is 2.41. The van der Waals surface area contributed by atoms with Crippen molar-refractivity contribution < 1.29 is 22.8 Å². The lowest BCUT2D eigenvalue weighted by atomic mass is 10.1. The van der Waals surface area contributed by atoms with Gasteiger partial charge in [0, 0.05) is 5.69 Å². The lowest BCUT2D eigenvalue weighted by Crippen LogP contribution is -2.35. The van der Waals surface area contributed by atoms with Crippen LogP contribution in [-0.4, -0.2) is 17.9 Å². The number of nitrogens with zero attached hydrogens (tertiary/aromatic N) is 1. The maximum Gasteiger partial charge on any atom is 0.416 e. The standard InChI is InChI=1S/C18H14ClF3N2O2/c1-10-2-5-12(6-3-10)23-14-9-16(25)24(17(14)26)15-8-11(18(20,21)22)4-7-13(15)19/h2-8,14,23H,9H2,1H3/t14-/m0/s1. The summed E-state index contributed by atoms with van der Waals surface area (Å²) in [5.74, 6) is -1.25. The number of aryl methyl sites for hydroxylation is 1. The van der Waals surface area contributed by atoms with E-state index in [0.717, 1.165) is 17.7 Å². The Bertz CT molecular complexity index is 866. The normalized spacial score (nSPS) is 17.7. The van der Waals surface area contributed by atoms with Crippen LogP contribution in [-0.2, 0) is 15.8 Å². The summed E-state index contributed by atoms with van der Waals surface area (Å²) in [6, 6.07) is 8.87. The first-order valence-electron chi connectivity index (χ1n) is 7.73. The SMILES string of the molecule is Cc1ccc(N[C@H]2CC(=O)N(c3cc(C(F)(F)F)ccc3Cl)C2=O)cc1. The third kappa shape index (κ3) is 3.53. The highest BCUT2D eigenvalue weighted by atomic mass is 35.5. The number of imide groups is 1. The second kappa shape index (κ2) is 6.64. The number of halogens is 4. The Morgan fingerprint density at radius 3 is 2.38 bits per heavy atom. The zero-order chi connectivity index (χ0) is 19.1. The number of carbonyl (C=O) groups is 2. The molecule has 1 heterocycles. The van der Waals surface area contributed by atoms with Crippen molar-refractivity contribution in [2.24, 2.45) is 0 Å². The van der Waals surface area contributed by atoms with Crippen LogP contribution in [0.1, 0.15) is 17.5 Å². The van der Waals surface area contributed by atoms with Gasteiger partial charge in [0.05, 0.1) is 22.7 Å². The van der Waals surface area contributed by atoms with Crippen molar-refractivity contribution in [3.63, 3.8) is 0 Å². The molecule has 2 aromatic carbocycles. The van der Waals surface area contributed by atoms with Gasteiger partial charge in [0.25, 0.3) is 5.91 Å². The van der Waals surface area contributed by atoms with Crippen LogP contribution in [0.3, 0.4) is 0 Å². The van der Waals surface area contributed by atoms with Crippen LogP contribution >= 0.6 is 11.6 Å². The number of hydrogen-bond donors (Lipinski definition) is 1. The molecule has 0 radical (unpaired) electrons. The van der Waals surface area contributed by atoms with E-state index in [-0.39, 0.29) is 17.1 Å². The number of hydrogen-bond acceptors (Lipinski definition) is 3. The van der Waals surface area contributed by atoms with E-state index in [9.17, 15) is 22.8 Å². The Balaban J connectivity index is 1.88. The average Bonchev–Trinajstić information content (AvgIpc) is 2.83. The molecule has 2 aromatic rings. The molecule has 8 heteroatoms. The van der Waals surface area contributed by atoms with Crippen molar-refractivity contribution in [1.29, 1.82) is 0 Å². The molecule has 0 aliphatic carbocycles. The third-order valence-electron chi connectivity index (χ3n) is 4.05. The quantitative estimate of drug-likeness (QED) is 0.800. The van der Waals surface area contributed by atoms with E-state index in [1.165, 1.54) is 0 Å². The predicted molar refractivity (Wildman–Crippen MR) is 92.2 cm³/mol. The van der Waals surface area contributed by atoms with Crippen LogP contribution in [0.25, 0.3) is 0 Å². The first kappa shape index (κ1) is 18.3. The molecule has 26 heavy (non-hydrogen) atoms. The van der Waals surface area contributed by atoms with Gasteiger partial charge >= 0.3 is 6.18 Å². The molecule has 0 unspecified atom stereocenters. The van der Waals surface area contributed by atoms with Crippen LogP contribution < -0.4 is 10.2 Å². The van der Waals surface area contributed by atoms with Gasteiger partial charge in [0.15, 0.2) is 0 Å². The number of rotatable bonds is 3. The van der Waals surface area contributed by atoms with Crippen LogP contribution in [0.2, 0.25) is 5.02 Å². The van der Waals surface area contributed by atoms with Crippen molar-refractivity contribution in [2.45, 2.75) is 25.6 Å². The summed E-state index contributed by atoms with van der Waals surface area (Å²) in [7, 11) is 0. The van der Waals surface area contributed by atoms with Gasteiger partial charge in [-0.1, -0.05) is 29.3 Å². The van der Waals surface area contributed by atoms with Gasteiger partial charge in [-0.05, 0) is 37.3 Å². The molecule has 136 valence electrons. The van der Waals surface area contributed by atoms with Gasteiger partial charge in [0.2, 0.25) is 5.91 Å². The highest BCUT2D eigenvalue weighted by molar-refractivity contribution is 6.36. The fourth-order valence-corrected chi connectivity index (χ4v) is 2.91. The third-order valence-corrected chi connectivity index (χ3v) is 4.37. The van der Waals surface area contributed by atoms with Gasteiger partial charge in [0.1, 0.15) is 6.04 Å². The molecule has 1 saturated heterocycles. The van der Waals surface area contributed by atoms with E-state index >= 15 is 0 Å². The molecule has 0 aromatic heterocycles. The Hall–Kier alpha value is -2.54. The molecule has 1 N–H and O–H groups in total. The summed E-state index contributed by atoms with van der Waals surface area (Å²) in [5.41, 5.74) is 0.428. The molecule has 1 atom stereocenters.